The molecule has 0 bridgehead atoms. The topological polar surface area (TPSA) is 274 Å². The van der Waals surface area contributed by atoms with Gasteiger partial charge in [0.2, 0.25) is 0 Å². The van der Waals surface area contributed by atoms with E-state index >= 15 is 0 Å². The van der Waals surface area contributed by atoms with Crippen molar-refractivity contribution in [1.82, 2.24) is 0 Å². The smallest absolute Gasteiger partial charge is 0.348 e. The first-order chi connectivity index (χ1) is 48.3. The normalized spacial score (nSPS) is 12.5. The van der Waals surface area contributed by atoms with E-state index in [4.69, 9.17) is 60.5 Å². The Morgan fingerprint density at radius 1 is 0.370 bits per heavy atom. The van der Waals surface area contributed by atoms with Crippen molar-refractivity contribution in [2.75, 3.05) is 140 Å². The van der Waals surface area contributed by atoms with Crippen LogP contribution in [0.2, 0.25) is 0 Å². The molecule has 5 aromatic carbocycles. The highest BCUT2D eigenvalue weighted by molar-refractivity contribution is 6.00. The van der Waals surface area contributed by atoms with Crippen LogP contribution >= 0.6 is 0 Å². The van der Waals surface area contributed by atoms with Gasteiger partial charge >= 0.3 is 29.8 Å². The molecule has 0 saturated heterocycles. The van der Waals surface area contributed by atoms with Gasteiger partial charge in [0.25, 0.3) is 11.4 Å². The summed E-state index contributed by atoms with van der Waals surface area (Å²) in [6, 6.07) is 41.2. The van der Waals surface area contributed by atoms with Gasteiger partial charge in [-0.05, 0) is 153 Å². The molecule has 25 heteroatoms. The van der Waals surface area contributed by atoms with Crippen LogP contribution < -0.4 is 24.5 Å². The molecular weight excluding hydrogens is 1280 g/mol. The lowest BCUT2D eigenvalue weighted by Gasteiger charge is -2.37. The third kappa shape index (κ3) is 25.1. The Balaban J connectivity index is 1.60. The molecule has 2 atom stereocenters. The van der Waals surface area contributed by atoms with Gasteiger partial charge in [-0.3, -0.25) is 9.59 Å². The van der Waals surface area contributed by atoms with E-state index in [9.17, 15) is 39.8 Å². The fourth-order valence-corrected chi connectivity index (χ4v) is 9.19. The number of ether oxygens (including phenoxy) is 10. The molecule has 0 aliphatic heterocycles. The third-order valence-corrected chi connectivity index (χ3v) is 14.6. The van der Waals surface area contributed by atoms with Crippen LogP contribution in [0.3, 0.4) is 0 Å². The highest BCUT2D eigenvalue weighted by atomic mass is 16.6. The number of nitriles is 3. The maximum atomic E-state index is 12.5. The molecule has 0 amide bonds. The van der Waals surface area contributed by atoms with Gasteiger partial charge in [-0.25, -0.2) is 24.1 Å². The predicted molar refractivity (Wildman–Crippen MR) is 378 cm³/mol. The highest BCUT2D eigenvalue weighted by Crippen LogP contribution is 2.26. The number of hydrogen-bond donors (Lipinski definition) is 0. The monoisotopic (exact) mass is 1360 g/mol. The highest BCUT2D eigenvalue weighted by Gasteiger charge is 2.35. The second kappa shape index (κ2) is 42.2. The Morgan fingerprint density at radius 2 is 0.600 bits per heavy atom. The van der Waals surface area contributed by atoms with Crippen molar-refractivity contribution in [3.05, 3.63) is 200 Å². The molecule has 25 nitrogen and oxygen atoms in total. The average Bonchev–Trinajstić information content (AvgIpc) is 0.856. The van der Waals surface area contributed by atoms with Crippen molar-refractivity contribution in [3.63, 3.8) is 0 Å². The lowest BCUT2D eigenvalue weighted by Crippen LogP contribution is -2.50. The van der Waals surface area contributed by atoms with E-state index in [2.05, 4.69) is 9.69 Å². The summed E-state index contributed by atoms with van der Waals surface area (Å²) >= 11 is 0. The zero-order valence-electron chi connectivity index (χ0n) is 57.7. The third-order valence-electron chi connectivity index (χ3n) is 14.6. The van der Waals surface area contributed by atoms with E-state index < -0.39 is 48.2 Å². The van der Waals surface area contributed by atoms with Crippen molar-refractivity contribution in [2.45, 2.75) is 52.9 Å². The SMILES string of the molecule is [C-]#[N+]/C(=C\c1ccc(N(C)COCC(OCN(C)c2ccc(/C=C(\C#N)C(=O)OCC)cc2)C(OCN(C)c2ccc(/C=C(\C#N)C(=O)OCC)cc2)C(COCN(C)c2ccc(/C=C(\[N+]#[C-])C(=O)OCC)cc2)OCN(C)c2ccc(/C=C(\C#N)C(=O)OCC)cc2)cc1)C(=O)OCC. The number of carbonyl (C=O) groups excluding carboxylic acids is 5. The standard InChI is InChI=1S/C75H82N10O15/c1-13-93-71(86)58(43-76)38-53-18-28-63(29-19-53)83(10)50-98-68(46-91-48-81(8)61-34-24-56(25-35-61)41-66(79-6)74(89)96-16-4)70(100-52-85(12)65-32-22-55(23-33-65)40-60(45-78)73(88)95-15-3)69(99-51-84(11)64-30-20-54(21-31-64)39-59(44-77)72(87)94-14-2)47-92-49-82(9)62-36-26-57(27-37-62)42-67(80-7)75(90)97-17-5/h18-42,68-70H,13-17,46-52H2,1-5,8-12H3/b58-38+,59-39+,60-40+,66-41-,67-42-. The molecule has 0 aromatic heterocycles. The van der Waals surface area contributed by atoms with Crippen LogP contribution in [-0.4, -0.2) is 163 Å². The summed E-state index contributed by atoms with van der Waals surface area (Å²) in [5.74, 6) is -3.69. The molecule has 100 heavy (non-hydrogen) atoms. The van der Waals surface area contributed by atoms with Crippen LogP contribution in [0, 0.1) is 47.1 Å². The summed E-state index contributed by atoms with van der Waals surface area (Å²) in [4.78, 5) is 78.3. The predicted octanol–water partition coefficient (Wildman–Crippen LogP) is 10.7. The maximum absolute atomic E-state index is 12.5. The van der Waals surface area contributed by atoms with Crippen LogP contribution in [0.4, 0.5) is 28.4 Å². The average molecular weight is 1360 g/mol. The Kier molecular flexibility index (Phi) is 33.3. The fraction of sp³-hybridized carbons (Fsp3) is 0.333. The number of anilines is 5. The van der Waals surface area contributed by atoms with Gasteiger partial charge in [-0.1, -0.05) is 60.7 Å². The summed E-state index contributed by atoms with van der Waals surface area (Å²) in [5, 5.41) is 29.2. The van der Waals surface area contributed by atoms with E-state index in [0.29, 0.717) is 44.9 Å². The molecule has 0 radical (unpaired) electrons. The van der Waals surface area contributed by atoms with Gasteiger partial charge in [0.05, 0.1) is 59.4 Å². The van der Waals surface area contributed by atoms with Crippen molar-refractivity contribution < 1.29 is 71.3 Å². The van der Waals surface area contributed by atoms with E-state index in [0.717, 1.165) is 11.4 Å². The molecule has 2 unspecified atom stereocenters. The quantitative estimate of drug-likeness (QED) is 0.00883. The molecule has 0 saturated carbocycles. The van der Waals surface area contributed by atoms with E-state index in [-0.39, 0.29) is 108 Å². The molecule has 5 rings (SSSR count). The molecule has 522 valence electrons. The second-order valence-electron chi connectivity index (χ2n) is 21.8. The van der Waals surface area contributed by atoms with Crippen molar-refractivity contribution in [2.24, 2.45) is 0 Å². The van der Waals surface area contributed by atoms with E-state index in [1.807, 2.05) is 102 Å². The molecule has 0 fully saturated rings. The molecule has 0 heterocycles. The molecule has 0 aliphatic rings. The number of rotatable bonds is 39. The van der Waals surface area contributed by atoms with Crippen molar-refractivity contribution >= 4 is 88.7 Å². The van der Waals surface area contributed by atoms with Crippen LogP contribution in [-0.2, 0) is 71.3 Å². The van der Waals surface area contributed by atoms with Crippen LogP contribution in [0.5, 0.6) is 0 Å². The summed E-state index contributed by atoms with van der Waals surface area (Å²) < 4.78 is 59.5. The minimum atomic E-state index is -1.05. The summed E-state index contributed by atoms with van der Waals surface area (Å²) in [7, 11) is 9.07. The number of hydrogen-bond acceptors (Lipinski definition) is 23. The largest absolute Gasteiger partial charge is 0.471 e. The molecule has 5 aromatic rings. The van der Waals surface area contributed by atoms with Crippen LogP contribution in [0.15, 0.2) is 149 Å². The lowest BCUT2D eigenvalue weighted by atomic mass is 10.1. The van der Waals surface area contributed by atoms with Gasteiger partial charge in [0, 0.05) is 63.7 Å². The van der Waals surface area contributed by atoms with Crippen molar-refractivity contribution in [1.29, 1.82) is 15.8 Å². The van der Waals surface area contributed by atoms with Gasteiger partial charge in [0.1, 0.15) is 86.9 Å². The Labute approximate surface area is 584 Å². The lowest BCUT2D eigenvalue weighted by molar-refractivity contribution is -0.167. The van der Waals surface area contributed by atoms with Gasteiger partial charge in [0.15, 0.2) is 0 Å². The summed E-state index contributed by atoms with van der Waals surface area (Å²) in [6.07, 6.45) is 4.20. The van der Waals surface area contributed by atoms with E-state index in [1.165, 1.54) is 30.4 Å². The first kappa shape index (κ1) is 79.1. The van der Waals surface area contributed by atoms with Crippen LogP contribution in [0.1, 0.15) is 62.4 Å². The minimum Gasteiger partial charge on any atom is -0.471 e. The number of esters is 5. The number of nitrogens with zero attached hydrogens (tertiary/aromatic N) is 10. The van der Waals surface area contributed by atoms with Crippen molar-refractivity contribution in [3.8, 4) is 18.2 Å². The molecular formula is C75H82N10O15. The molecule has 0 aliphatic carbocycles. The number of carbonyl (C=O) groups is 5. The Hall–Kier alpha value is -11.6. The van der Waals surface area contributed by atoms with Gasteiger partial charge in [-0.15, -0.1) is 0 Å². The minimum absolute atomic E-state index is 0.0105. The number of benzene rings is 5. The fourth-order valence-electron chi connectivity index (χ4n) is 9.19. The molecule has 0 N–H and O–H groups in total. The van der Waals surface area contributed by atoms with E-state index in [1.54, 1.807) is 132 Å². The summed E-state index contributed by atoms with van der Waals surface area (Å²) in [6.45, 7) is 23.5. The Morgan fingerprint density at radius 3 is 0.840 bits per heavy atom. The second-order valence-corrected chi connectivity index (χ2v) is 21.8. The maximum Gasteiger partial charge on any atom is 0.348 e. The van der Waals surface area contributed by atoms with Gasteiger partial charge in [-0.2, -0.15) is 15.8 Å². The first-order valence-electron chi connectivity index (χ1n) is 31.7. The molecule has 0 spiro atoms. The van der Waals surface area contributed by atoms with Gasteiger partial charge < -0.3 is 71.9 Å². The van der Waals surface area contributed by atoms with Crippen LogP contribution in [0.25, 0.3) is 40.1 Å². The Bertz CT molecular complexity index is 3710. The zero-order valence-corrected chi connectivity index (χ0v) is 57.7. The zero-order chi connectivity index (χ0) is 72.9. The first-order valence-corrected chi connectivity index (χ1v) is 31.7. The summed E-state index contributed by atoms with van der Waals surface area (Å²) in [5.41, 5.74) is 5.58.